The molecule has 1 aromatic carbocycles. The Bertz CT molecular complexity index is 773. The van der Waals surface area contributed by atoms with Gasteiger partial charge in [0.15, 0.2) is 0 Å². The highest BCUT2D eigenvalue weighted by atomic mass is 35.5. The van der Waals surface area contributed by atoms with Crippen LogP contribution in [0.1, 0.15) is 50.7 Å². The molecule has 0 saturated heterocycles. The molecule has 1 aromatic heterocycles. The Balaban J connectivity index is 2.86. The van der Waals surface area contributed by atoms with Crippen molar-refractivity contribution in [1.29, 1.82) is 0 Å². The molecule has 0 atom stereocenters. The summed E-state index contributed by atoms with van der Waals surface area (Å²) < 4.78 is 1.18. The number of aromatic nitrogens is 2. The molecule has 4 nitrogen and oxygen atoms in total. The van der Waals surface area contributed by atoms with Crippen LogP contribution in [0.2, 0.25) is 5.15 Å². The smallest absolute Gasteiger partial charge is 0.297 e. The van der Waals surface area contributed by atoms with Gasteiger partial charge in [-0.05, 0) is 23.5 Å². The lowest BCUT2D eigenvalue weighted by atomic mass is 10.0. The Morgan fingerprint density at radius 2 is 1.67 bits per heavy atom. The maximum atomic E-state index is 12.7. The molecule has 0 radical (unpaired) electrons. The molecular weight excluding hydrogens is 288 g/mol. The summed E-state index contributed by atoms with van der Waals surface area (Å²) in [7, 11) is 0. The van der Waals surface area contributed by atoms with Gasteiger partial charge in [0, 0.05) is 0 Å². The van der Waals surface area contributed by atoms with Crippen molar-refractivity contribution in [3.63, 3.8) is 0 Å². The molecule has 112 valence electrons. The van der Waals surface area contributed by atoms with E-state index < -0.39 is 5.69 Å². The van der Waals surface area contributed by atoms with Gasteiger partial charge in [0.2, 0.25) is 0 Å². The lowest BCUT2D eigenvalue weighted by Gasteiger charge is -2.16. The van der Waals surface area contributed by atoms with E-state index in [9.17, 15) is 9.59 Å². The van der Waals surface area contributed by atoms with Gasteiger partial charge < -0.3 is 0 Å². The van der Waals surface area contributed by atoms with Crippen LogP contribution in [0.25, 0.3) is 5.69 Å². The van der Waals surface area contributed by atoms with Crippen molar-refractivity contribution in [3.8, 4) is 5.69 Å². The highest BCUT2D eigenvalue weighted by molar-refractivity contribution is 6.30. The topological polar surface area (TPSA) is 54.9 Å². The first-order valence-electron chi connectivity index (χ1n) is 6.98. The van der Waals surface area contributed by atoms with E-state index in [0.717, 1.165) is 5.56 Å². The maximum Gasteiger partial charge on any atom is 0.334 e. The SMILES string of the molecule is CC(C)c1ccccc1-n1c(=O)[nH]c(Cl)c(C(C)C)c1=O. The lowest BCUT2D eigenvalue weighted by Crippen LogP contribution is -2.37. The van der Waals surface area contributed by atoms with Gasteiger partial charge in [-0.15, -0.1) is 0 Å². The van der Waals surface area contributed by atoms with Gasteiger partial charge in [-0.3, -0.25) is 9.78 Å². The summed E-state index contributed by atoms with van der Waals surface area (Å²) in [5.74, 6) is 0.130. The maximum absolute atomic E-state index is 12.7. The molecule has 0 bridgehead atoms. The van der Waals surface area contributed by atoms with Crippen molar-refractivity contribution in [1.82, 2.24) is 9.55 Å². The second-order valence-corrected chi connectivity index (χ2v) is 6.04. The van der Waals surface area contributed by atoms with Crippen molar-refractivity contribution >= 4 is 11.6 Å². The predicted molar refractivity (Wildman–Crippen MR) is 85.8 cm³/mol. The summed E-state index contributed by atoms with van der Waals surface area (Å²) in [6.45, 7) is 7.80. The number of hydrogen-bond donors (Lipinski definition) is 1. The molecule has 1 heterocycles. The fourth-order valence-corrected chi connectivity index (χ4v) is 2.80. The number of halogens is 1. The van der Waals surface area contributed by atoms with Crippen LogP contribution in [0.3, 0.4) is 0 Å². The van der Waals surface area contributed by atoms with Gasteiger partial charge in [0.25, 0.3) is 5.56 Å². The average Bonchev–Trinajstić information content (AvgIpc) is 2.37. The minimum atomic E-state index is -0.512. The number of hydrogen-bond acceptors (Lipinski definition) is 2. The molecule has 2 aromatic rings. The minimum absolute atomic E-state index is 0.0701. The summed E-state index contributed by atoms with van der Waals surface area (Å²) in [5, 5.41) is 0.123. The van der Waals surface area contributed by atoms with E-state index in [2.05, 4.69) is 4.98 Å². The Morgan fingerprint density at radius 3 is 2.24 bits per heavy atom. The zero-order valence-electron chi connectivity index (χ0n) is 12.6. The van der Waals surface area contributed by atoms with Crippen LogP contribution in [-0.2, 0) is 0 Å². The average molecular weight is 307 g/mol. The first-order valence-corrected chi connectivity index (χ1v) is 7.36. The summed E-state index contributed by atoms with van der Waals surface area (Å²) in [6.07, 6.45) is 0. The normalized spacial score (nSPS) is 11.4. The van der Waals surface area contributed by atoms with Gasteiger partial charge >= 0.3 is 5.69 Å². The van der Waals surface area contributed by atoms with Crippen LogP contribution in [0, 0.1) is 0 Å². The number of aromatic amines is 1. The Hall–Kier alpha value is -1.81. The van der Waals surface area contributed by atoms with E-state index in [4.69, 9.17) is 11.6 Å². The molecule has 0 amide bonds. The quantitative estimate of drug-likeness (QED) is 0.883. The van der Waals surface area contributed by atoms with E-state index in [1.54, 1.807) is 6.07 Å². The van der Waals surface area contributed by atoms with Crippen LogP contribution < -0.4 is 11.2 Å². The standard InChI is InChI=1S/C16H19ClN2O2/c1-9(2)11-7-5-6-8-12(11)19-15(20)13(10(3)4)14(17)18-16(19)21/h5-10H,1-4H3,(H,18,21). The number of benzene rings is 1. The largest absolute Gasteiger partial charge is 0.334 e. The Kier molecular flexibility index (Phi) is 4.37. The van der Waals surface area contributed by atoms with Gasteiger partial charge in [0.1, 0.15) is 5.15 Å². The third kappa shape index (κ3) is 2.81. The zero-order valence-corrected chi connectivity index (χ0v) is 13.4. The summed E-state index contributed by atoms with van der Waals surface area (Å²) in [4.78, 5) is 27.5. The second kappa shape index (κ2) is 5.90. The third-order valence-electron chi connectivity index (χ3n) is 3.47. The number of nitrogens with one attached hydrogen (secondary N) is 1. The van der Waals surface area contributed by atoms with Crippen LogP contribution in [0.4, 0.5) is 0 Å². The second-order valence-electron chi connectivity index (χ2n) is 5.67. The van der Waals surface area contributed by atoms with Crippen molar-refractivity contribution < 1.29 is 0 Å². The lowest BCUT2D eigenvalue weighted by molar-refractivity contribution is 0.762. The zero-order chi connectivity index (χ0) is 15.7. The Labute approximate surface area is 128 Å². The highest BCUT2D eigenvalue weighted by Gasteiger charge is 2.18. The molecule has 21 heavy (non-hydrogen) atoms. The van der Waals surface area contributed by atoms with Gasteiger partial charge in [-0.2, -0.15) is 0 Å². The number of H-pyrrole nitrogens is 1. The molecule has 0 aliphatic rings. The van der Waals surface area contributed by atoms with Crippen LogP contribution in [0.15, 0.2) is 33.9 Å². The van der Waals surface area contributed by atoms with E-state index in [1.807, 2.05) is 45.9 Å². The van der Waals surface area contributed by atoms with E-state index >= 15 is 0 Å². The molecule has 0 aliphatic heterocycles. The molecule has 0 aliphatic carbocycles. The van der Waals surface area contributed by atoms with Gasteiger partial charge in [-0.1, -0.05) is 57.5 Å². The fraction of sp³-hybridized carbons (Fsp3) is 0.375. The molecule has 0 fully saturated rings. The van der Waals surface area contributed by atoms with Crippen molar-refractivity contribution in [2.24, 2.45) is 0 Å². The van der Waals surface area contributed by atoms with Gasteiger partial charge in [0.05, 0.1) is 11.3 Å². The number of para-hydroxylation sites is 1. The van der Waals surface area contributed by atoms with Crippen molar-refractivity contribution in [2.45, 2.75) is 39.5 Å². The van der Waals surface area contributed by atoms with Crippen LogP contribution >= 0.6 is 11.6 Å². The Morgan fingerprint density at radius 1 is 1.05 bits per heavy atom. The molecular formula is C16H19ClN2O2. The summed E-state index contributed by atoms with van der Waals surface area (Å²) in [5.41, 5.74) is 1.11. The summed E-state index contributed by atoms with van der Waals surface area (Å²) in [6, 6.07) is 7.42. The molecule has 2 rings (SSSR count). The van der Waals surface area contributed by atoms with E-state index in [1.165, 1.54) is 4.57 Å². The molecule has 1 N–H and O–H groups in total. The minimum Gasteiger partial charge on any atom is -0.297 e. The molecule has 0 saturated carbocycles. The highest BCUT2D eigenvalue weighted by Crippen LogP contribution is 2.22. The van der Waals surface area contributed by atoms with E-state index in [-0.39, 0.29) is 22.5 Å². The molecule has 0 spiro atoms. The third-order valence-corrected chi connectivity index (χ3v) is 3.76. The molecule has 0 unspecified atom stereocenters. The first-order chi connectivity index (χ1) is 9.84. The van der Waals surface area contributed by atoms with E-state index in [0.29, 0.717) is 11.3 Å². The summed E-state index contributed by atoms with van der Waals surface area (Å²) >= 11 is 6.02. The number of nitrogens with zero attached hydrogens (tertiary/aromatic N) is 1. The monoisotopic (exact) mass is 306 g/mol. The van der Waals surface area contributed by atoms with Crippen LogP contribution in [-0.4, -0.2) is 9.55 Å². The van der Waals surface area contributed by atoms with Gasteiger partial charge in [-0.25, -0.2) is 9.36 Å². The predicted octanol–water partition coefficient (Wildman–Crippen LogP) is 3.43. The van der Waals surface area contributed by atoms with Crippen molar-refractivity contribution in [3.05, 3.63) is 61.4 Å². The first kappa shape index (κ1) is 15.6. The van der Waals surface area contributed by atoms with Crippen molar-refractivity contribution in [2.75, 3.05) is 0 Å². The number of rotatable bonds is 3. The van der Waals surface area contributed by atoms with Crippen LogP contribution in [0.5, 0.6) is 0 Å². The fourth-order valence-electron chi connectivity index (χ4n) is 2.42. The molecule has 5 heteroatoms.